The van der Waals surface area contributed by atoms with Gasteiger partial charge in [-0.25, -0.2) is 4.79 Å². The summed E-state index contributed by atoms with van der Waals surface area (Å²) in [6, 6.07) is 29.9. The molecule has 0 aromatic heterocycles. The zero-order chi connectivity index (χ0) is 37.2. The van der Waals surface area contributed by atoms with Crippen LogP contribution >= 0.6 is 0 Å². The molecular weight excluding hydrogens is 671 g/mol. The molecule has 7 nitrogen and oxygen atoms in total. The van der Waals surface area contributed by atoms with Gasteiger partial charge in [0.25, 0.3) is 8.32 Å². The van der Waals surface area contributed by atoms with Crippen molar-refractivity contribution in [3.63, 3.8) is 0 Å². The van der Waals surface area contributed by atoms with Crippen LogP contribution in [0.3, 0.4) is 0 Å². The molecule has 276 valence electrons. The van der Waals surface area contributed by atoms with Crippen molar-refractivity contribution >= 4 is 33.1 Å². The Morgan fingerprint density at radius 2 is 1.35 bits per heavy atom. The first-order valence-electron chi connectivity index (χ1n) is 18.3. The van der Waals surface area contributed by atoms with E-state index in [2.05, 4.69) is 110 Å². The summed E-state index contributed by atoms with van der Waals surface area (Å²) in [7, 11) is -5.29. The molecule has 1 amide bonds. The number of ether oxygens (including phenoxy) is 3. The molecule has 51 heavy (non-hydrogen) atoms. The highest BCUT2D eigenvalue weighted by Gasteiger charge is 2.63. The lowest BCUT2D eigenvalue weighted by molar-refractivity contribution is -0.172. The van der Waals surface area contributed by atoms with E-state index in [9.17, 15) is 4.79 Å². The van der Waals surface area contributed by atoms with Gasteiger partial charge in [0, 0.05) is 0 Å². The van der Waals surface area contributed by atoms with Crippen LogP contribution < -0.4 is 10.4 Å². The summed E-state index contributed by atoms with van der Waals surface area (Å²) >= 11 is 0. The zero-order valence-corrected chi connectivity index (χ0v) is 34.3. The van der Waals surface area contributed by atoms with Gasteiger partial charge in [-0.15, -0.1) is 6.58 Å². The van der Waals surface area contributed by atoms with Crippen molar-refractivity contribution in [2.24, 2.45) is 0 Å². The second-order valence-corrected chi connectivity index (χ2v) is 26.0. The van der Waals surface area contributed by atoms with Crippen LogP contribution in [-0.2, 0) is 29.7 Å². The molecule has 2 heterocycles. The van der Waals surface area contributed by atoms with Crippen molar-refractivity contribution < 1.29 is 27.9 Å². The predicted molar refractivity (Wildman–Crippen MR) is 210 cm³/mol. The molecule has 2 saturated heterocycles. The smallest absolute Gasteiger partial charge is 0.410 e. The van der Waals surface area contributed by atoms with Crippen LogP contribution in [0.2, 0.25) is 23.2 Å². The highest BCUT2D eigenvalue weighted by Crippen LogP contribution is 2.46. The van der Waals surface area contributed by atoms with Crippen LogP contribution in [0.25, 0.3) is 0 Å². The van der Waals surface area contributed by atoms with Crippen LogP contribution in [0.5, 0.6) is 0 Å². The van der Waals surface area contributed by atoms with Gasteiger partial charge >= 0.3 is 6.09 Å². The number of hydrogen-bond acceptors (Lipinski definition) is 6. The average Bonchev–Trinajstić information content (AvgIpc) is 3.53. The fraction of sp³-hybridized carbons (Fsp3) is 0.500. The topological polar surface area (TPSA) is 66.5 Å². The van der Waals surface area contributed by atoms with Crippen LogP contribution in [0.1, 0.15) is 67.4 Å². The summed E-state index contributed by atoms with van der Waals surface area (Å²) in [6.45, 7) is 26.3. The lowest BCUT2D eigenvalue weighted by Crippen LogP contribution is -2.67. The molecule has 0 unspecified atom stereocenters. The number of fused-ring (bicyclic) bond motifs is 1. The second kappa shape index (κ2) is 15.1. The van der Waals surface area contributed by atoms with E-state index >= 15 is 0 Å². The van der Waals surface area contributed by atoms with E-state index in [1.807, 2.05) is 67.3 Å². The van der Waals surface area contributed by atoms with Crippen molar-refractivity contribution in [1.29, 1.82) is 0 Å². The maximum absolute atomic E-state index is 14.6. The lowest BCUT2D eigenvalue weighted by atomic mass is 10.0. The molecule has 5 atom stereocenters. The molecule has 9 heteroatoms. The first-order valence-corrected chi connectivity index (χ1v) is 23.1. The molecule has 0 spiro atoms. The molecule has 2 aliphatic rings. The SMILES string of the molecule is C=CC[C@H](O[Si](C)(C)C(C)(C)C)[C@@H]1[C@@H]2OC(C)(C)O[C@@H]2[C@@H](CO[Si](c2ccccc2)(c2ccccc2)C(C)(C)C)N1C(=O)OCc1ccccc1. The molecule has 0 radical (unpaired) electrons. The Labute approximate surface area is 308 Å². The molecule has 0 N–H and O–H groups in total. The monoisotopic (exact) mass is 729 g/mol. The third-order valence-electron chi connectivity index (χ3n) is 10.9. The van der Waals surface area contributed by atoms with Crippen LogP contribution in [0.15, 0.2) is 104 Å². The Balaban J connectivity index is 1.62. The largest absolute Gasteiger partial charge is 0.445 e. The van der Waals surface area contributed by atoms with Crippen LogP contribution in [0, 0.1) is 0 Å². The number of benzene rings is 3. The van der Waals surface area contributed by atoms with Gasteiger partial charge in [0.15, 0.2) is 14.1 Å². The van der Waals surface area contributed by atoms with Crippen molar-refractivity contribution in [2.45, 2.75) is 128 Å². The summed E-state index contributed by atoms with van der Waals surface area (Å²) in [4.78, 5) is 16.5. The first kappa shape index (κ1) is 39.2. The molecule has 0 aliphatic carbocycles. The van der Waals surface area contributed by atoms with Gasteiger partial charge in [0.05, 0.1) is 24.8 Å². The van der Waals surface area contributed by atoms with E-state index in [1.165, 1.54) is 10.4 Å². The maximum atomic E-state index is 14.6. The number of rotatable bonds is 12. The molecule has 3 aromatic rings. The molecule has 3 aromatic carbocycles. The molecule has 2 fully saturated rings. The van der Waals surface area contributed by atoms with Crippen LogP contribution in [0.4, 0.5) is 4.79 Å². The highest BCUT2D eigenvalue weighted by atomic mass is 28.4. The fourth-order valence-corrected chi connectivity index (χ4v) is 13.4. The summed E-state index contributed by atoms with van der Waals surface area (Å²) in [6.07, 6.45) is 0.653. The van der Waals surface area contributed by atoms with Crippen molar-refractivity contribution in [2.75, 3.05) is 6.61 Å². The highest BCUT2D eigenvalue weighted by molar-refractivity contribution is 6.99. The molecule has 0 bridgehead atoms. The van der Waals surface area contributed by atoms with Gasteiger partial charge in [-0.3, -0.25) is 4.90 Å². The third kappa shape index (κ3) is 8.14. The standard InChI is InChI=1S/C42H59NO6Si2/c1-12-22-35(49-50(10,11)40(2,3)4)36-38-37(47-42(8,9)48-38)34(43(36)39(44)45-29-31-23-16-13-17-24-31)30-46-51(41(5,6)7,32-25-18-14-19-26-32)33-27-20-15-21-28-33/h12-21,23-28,34-38H,1,22,29-30H2,2-11H3/t34-,35+,36-,37-,38+/m1/s1. The van der Waals surface area contributed by atoms with E-state index in [1.54, 1.807) is 0 Å². The van der Waals surface area contributed by atoms with E-state index in [0.717, 1.165) is 5.56 Å². The van der Waals surface area contributed by atoms with Gasteiger partial charge in [0.1, 0.15) is 18.8 Å². The minimum absolute atomic E-state index is 0.0544. The predicted octanol–water partition coefficient (Wildman–Crippen LogP) is 8.44. The Kier molecular flexibility index (Phi) is 11.6. The van der Waals surface area contributed by atoms with Crippen molar-refractivity contribution in [3.05, 3.63) is 109 Å². The normalized spacial score (nSPS) is 22.7. The summed E-state index contributed by atoms with van der Waals surface area (Å²) in [5.41, 5.74) is 0.913. The molecule has 2 aliphatic heterocycles. The van der Waals surface area contributed by atoms with Gasteiger partial charge in [-0.05, 0) is 59.4 Å². The molecular formula is C42H59NO6Si2. The molecule has 5 rings (SSSR count). The lowest BCUT2D eigenvalue weighted by Gasteiger charge is -2.45. The number of amides is 1. The summed E-state index contributed by atoms with van der Waals surface area (Å²) in [5, 5.41) is 2.03. The molecule has 0 saturated carbocycles. The number of likely N-dealkylation sites (tertiary alicyclic amines) is 1. The Morgan fingerprint density at radius 3 is 1.84 bits per heavy atom. The number of nitrogens with zero attached hydrogens (tertiary/aromatic N) is 1. The van der Waals surface area contributed by atoms with Gasteiger partial charge in [0.2, 0.25) is 0 Å². The fourth-order valence-electron chi connectivity index (χ4n) is 7.48. The number of carbonyl (C=O) groups is 1. The average molecular weight is 730 g/mol. The van der Waals surface area contributed by atoms with Gasteiger partial charge < -0.3 is 23.1 Å². The second-order valence-electron chi connectivity index (χ2n) is 17.0. The van der Waals surface area contributed by atoms with Crippen molar-refractivity contribution in [3.8, 4) is 0 Å². The zero-order valence-electron chi connectivity index (χ0n) is 32.3. The Bertz CT molecular complexity index is 1560. The Hall–Kier alpha value is -3.06. The van der Waals surface area contributed by atoms with Gasteiger partial charge in [-0.2, -0.15) is 0 Å². The summed E-state index contributed by atoms with van der Waals surface area (Å²) in [5.74, 6) is -0.862. The maximum Gasteiger partial charge on any atom is 0.410 e. The first-order chi connectivity index (χ1) is 23.9. The number of hydrogen-bond donors (Lipinski definition) is 0. The summed E-state index contributed by atoms with van der Waals surface area (Å²) < 4.78 is 34.3. The van der Waals surface area contributed by atoms with E-state index in [-0.39, 0.29) is 23.3 Å². The van der Waals surface area contributed by atoms with Crippen molar-refractivity contribution in [1.82, 2.24) is 4.90 Å². The van der Waals surface area contributed by atoms with Gasteiger partial charge in [-0.1, -0.05) is 139 Å². The van der Waals surface area contributed by atoms with E-state index < -0.39 is 58.9 Å². The Morgan fingerprint density at radius 1 is 0.843 bits per heavy atom. The van der Waals surface area contributed by atoms with E-state index in [0.29, 0.717) is 6.42 Å². The minimum atomic E-state index is -2.98. The van der Waals surface area contributed by atoms with Crippen LogP contribution in [-0.4, -0.2) is 70.4 Å². The quantitative estimate of drug-likeness (QED) is 0.138. The third-order valence-corrected chi connectivity index (χ3v) is 20.4. The minimum Gasteiger partial charge on any atom is -0.445 e. The van der Waals surface area contributed by atoms with E-state index in [4.69, 9.17) is 23.1 Å². The number of carbonyl (C=O) groups excluding carboxylic acids is 1.